The second-order valence-corrected chi connectivity index (χ2v) is 23.1. The third-order valence-electron chi connectivity index (χ3n) is 11.9. The van der Waals surface area contributed by atoms with Crippen LogP contribution in [0.5, 0.6) is 0 Å². The van der Waals surface area contributed by atoms with Crippen LogP contribution in [0.25, 0.3) is 30.3 Å². The van der Waals surface area contributed by atoms with Gasteiger partial charge in [-0.15, -0.1) is 22.7 Å². The monoisotopic (exact) mass is 824 g/mol. The molecule has 0 bridgehead atoms. The zero-order chi connectivity index (χ0) is 42.5. The van der Waals surface area contributed by atoms with Crippen molar-refractivity contribution in [1.82, 2.24) is 0 Å². The number of fused-ring (bicyclic) bond motifs is 3. The van der Waals surface area contributed by atoms with Crippen molar-refractivity contribution in [2.45, 2.75) is 158 Å². The van der Waals surface area contributed by atoms with Gasteiger partial charge < -0.3 is 9.47 Å². The number of Topliss-reactive ketones (excluding diaryl/α,β-unsaturated/α-hetero) is 2. The number of benzene rings is 2. The lowest BCUT2D eigenvalue weighted by Crippen LogP contribution is -2.30. The number of ketones is 2. The molecule has 2 aliphatic rings. The zero-order valence-electron chi connectivity index (χ0n) is 36.9. The lowest BCUT2D eigenvalue weighted by atomic mass is 9.71. The van der Waals surface area contributed by atoms with Gasteiger partial charge in [0.15, 0.2) is 0 Å². The number of carbonyl (C=O) groups excluding carboxylic acids is 4. The molecule has 0 fully saturated rings. The maximum atomic E-state index is 13.1. The Morgan fingerprint density at radius 2 is 0.897 bits per heavy atom. The SMILES string of the molecule is CC(C)(C)C(=O)CCC1CCC(CCC(=O)C(C)(C)C)c2cc(-c3cc4sc(-c5ccc6c(c5)C(OC(=O)C(C)(C)C)CCC6OC(=O)C(C)(C)C)cc4s3)ccc21. The van der Waals surface area contributed by atoms with Crippen LogP contribution in [0, 0.1) is 21.7 Å². The molecule has 0 aliphatic heterocycles. The fraction of sp³-hybridized carbons (Fsp3) is 0.560. The van der Waals surface area contributed by atoms with Gasteiger partial charge in [-0.1, -0.05) is 65.8 Å². The summed E-state index contributed by atoms with van der Waals surface area (Å²) in [6.07, 6.45) is 5.29. The largest absolute Gasteiger partial charge is 0.457 e. The maximum Gasteiger partial charge on any atom is 0.311 e. The van der Waals surface area contributed by atoms with E-state index in [2.05, 4.69) is 42.5 Å². The number of rotatable bonds is 10. The second kappa shape index (κ2) is 16.4. The molecule has 2 aliphatic carbocycles. The van der Waals surface area contributed by atoms with E-state index in [1.54, 1.807) is 22.7 Å². The standard InChI is InChI=1S/C50H64O6S2/c1-47(2,3)43(51)23-17-29-13-14-30(18-24-44(52)48(4,5)6)35-25-31(15-19-33(29)35)39-27-41-42(57-39)28-40(58-41)32-16-20-34-36(26-32)38(56-46(54)50(10,11)12)22-21-37(34)55-45(53)49(7,8)9/h15-16,19-20,25-30,37-38H,13-14,17-18,21-24H2,1-12H3. The topological polar surface area (TPSA) is 86.7 Å². The first-order chi connectivity index (χ1) is 26.9. The average Bonchev–Trinajstić information content (AvgIpc) is 3.72. The minimum Gasteiger partial charge on any atom is -0.457 e. The molecule has 0 N–H and O–H groups in total. The molecular formula is C50H64O6S2. The van der Waals surface area contributed by atoms with Crippen molar-refractivity contribution < 1.29 is 28.7 Å². The molecule has 8 heteroatoms. The predicted molar refractivity (Wildman–Crippen MR) is 238 cm³/mol. The summed E-state index contributed by atoms with van der Waals surface area (Å²) in [5.74, 6) is 0.780. The fourth-order valence-electron chi connectivity index (χ4n) is 8.02. The molecule has 6 rings (SSSR count). The summed E-state index contributed by atoms with van der Waals surface area (Å²) in [4.78, 5) is 54.3. The highest BCUT2D eigenvalue weighted by molar-refractivity contribution is 7.31. The van der Waals surface area contributed by atoms with E-state index < -0.39 is 23.0 Å². The molecule has 0 saturated heterocycles. The molecular weight excluding hydrogens is 761 g/mol. The van der Waals surface area contributed by atoms with E-state index in [0.29, 0.717) is 49.1 Å². The molecule has 6 nitrogen and oxygen atoms in total. The molecule has 312 valence electrons. The van der Waals surface area contributed by atoms with Crippen LogP contribution in [-0.4, -0.2) is 23.5 Å². The summed E-state index contributed by atoms with van der Waals surface area (Å²) in [7, 11) is 0. The Morgan fingerprint density at radius 1 is 0.500 bits per heavy atom. The van der Waals surface area contributed by atoms with E-state index in [-0.39, 0.29) is 22.8 Å². The van der Waals surface area contributed by atoms with E-state index in [4.69, 9.17) is 9.47 Å². The molecule has 2 heterocycles. The molecule has 2 aromatic heterocycles. The highest BCUT2D eigenvalue weighted by Crippen LogP contribution is 2.49. The average molecular weight is 825 g/mol. The summed E-state index contributed by atoms with van der Waals surface area (Å²) in [5.41, 5.74) is 4.79. The van der Waals surface area contributed by atoms with Crippen LogP contribution in [0.4, 0.5) is 0 Å². The van der Waals surface area contributed by atoms with Crippen LogP contribution in [0.15, 0.2) is 48.5 Å². The summed E-state index contributed by atoms with van der Waals surface area (Å²) in [5, 5.41) is 0. The molecule has 4 atom stereocenters. The smallest absolute Gasteiger partial charge is 0.311 e. The first kappa shape index (κ1) is 43.9. The van der Waals surface area contributed by atoms with Crippen molar-refractivity contribution in [2.24, 2.45) is 21.7 Å². The maximum absolute atomic E-state index is 13.1. The van der Waals surface area contributed by atoms with Gasteiger partial charge >= 0.3 is 11.9 Å². The third-order valence-corrected chi connectivity index (χ3v) is 14.3. The number of esters is 2. The number of ether oxygens (including phenoxy) is 2. The van der Waals surface area contributed by atoms with Gasteiger partial charge in [0.25, 0.3) is 0 Å². The molecule has 0 radical (unpaired) electrons. The lowest BCUT2D eigenvalue weighted by molar-refractivity contribution is -0.165. The highest BCUT2D eigenvalue weighted by atomic mass is 32.1. The molecule has 4 unspecified atom stereocenters. The minimum absolute atomic E-state index is 0.246. The fourth-order valence-corrected chi connectivity index (χ4v) is 10.4. The van der Waals surface area contributed by atoms with E-state index in [9.17, 15) is 19.2 Å². The Balaban J connectivity index is 1.29. The summed E-state index contributed by atoms with van der Waals surface area (Å²) >= 11 is 3.54. The van der Waals surface area contributed by atoms with E-state index in [0.717, 1.165) is 47.3 Å². The summed E-state index contributed by atoms with van der Waals surface area (Å²) in [6, 6.07) is 17.8. The highest BCUT2D eigenvalue weighted by Gasteiger charge is 2.37. The van der Waals surface area contributed by atoms with Crippen LogP contribution >= 0.6 is 22.7 Å². The molecule has 0 amide bonds. The van der Waals surface area contributed by atoms with E-state index in [1.807, 2.05) is 89.2 Å². The number of hydrogen-bond acceptors (Lipinski definition) is 8. The molecule has 0 saturated carbocycles. The van der Waals surface area contributed by atoms with Crippen molar-refractivity contribution >= 4 is 55.6 Å². The molecule has 0 spiro atoms. The second-order valence-electron chi connectivity index (χ2n) is 20.9. The first-order valence-electron chi connectivity index (χ1n) is 21.2. The van der Waals surface area contributed by atoms with Crippen molar-refractivity contribution in [1.29, 1.82) is 0 Å². The van der Waals surface area contributed by atoms with E-state index in [1.165, 1.54) is 31.0 Å². The van der Waals surface area contributed by atoms with Gasteiger partial charge in [-0.25, -0.2) is 0 Å². The molecule has 58 heavy (non-hydrogen) atoms. The lowest BCUT2D eigenvalue weighted by Gasteiger charge is -2.34. The van der Waals surface area contributed by atoms with Gasteiger partial charge in [0.1, 0.15) is 23.8 Å². The minimum atomic E-state index is -0.637. The van der Waals surface area contributed by atoms with Crippen LogP contribution in [0.2, 0.25) is 0 Å². The first-order valence-corrected chi connectivity index (χ1v) is 22.8. The van der Waals surface area contributed by atoms with Crippen LogP contribution in [0.1, 0.15) is 181 Å². The molecule has 4 aromatic rings. The number of thiophene rings is 2. The van der Waals surface area contributed by atoms with Crippen molar-refractivity contribution in [2.75, 3.05) is 0 Å². The van der Waals surface area contributed by atoms with Gasteiger partial charge in [0, 0.05) is 42.8 Å². The van der Waals surface area contributed by atoms with Crippen LogP contribution < -0.4 is 0 Å². The van der Waals surface area contributed by atoms with Gasteiger partial charge in [-0.3, -0.25) is 19.2 Å². The predicted octanol–water partition coefficient (Wildman–Crippen LogP) is 14.1. The zero-order valence-corrected chi connectivity index (χ0v) is 38.5. The summed E-state index contributed by atoms with van der Waals surface area (Å²) in [6.45, 7) is 23.2. The molecule has 2 aromatic carbocycles. The normalized spacial score (nSPS) is 20.0. The Morgan fingerprint density at radius 3 is 1.33 bits per heavy atom. The van der Waals surface area contributed by atoms with Crippen molar-refractivity contribution in [3.63, 3.8) is 0 Å². The van der Waals surface area contributed by atoms with E-state index >= 15 is 0 Å². The summed E-state index contributed by atoms with van der Waals surface area (Å²) < 4.78 is 14.6. The van der Waals surface area contributed by atoms with Gasteiger partial charge in [-0.2, -0.15) is 0 Å². The van der Waals surface area contributed by atoms with Crippen molar-refractivity contribution in [3.05, 3.63) is 70.8 Å². The Labute approximate surface area is 354 Å². The third kappa shape index (κ3) is 9.87. The Hall–Kier alpha value is -3.62. The van der Waals surface area contributed by atoms with Crippen molar-refractivity contribution in [3.8, 4) is 20.9 Å². The number of carbonyl (C=O) groups is 4. The Bertz CT molecular complexity index is 2160. The Kier molecular flexibility index (Phi) is 12.5. The van der Waals surface area contributed by atoms with Gasteiger partial charge in [-0.05, 0) is 150 Å². The number of hydrogen-bond donors (Lipinski definition) is 0. The van der Waals surface area contributed by atoms with Crippen LogP contribution in [-0.2, 0) is 28.7 Å². The quantitative estimate of drug-likeness (QED) is 0.148. The van der Waals surface area contributed by atoms with Gasteiger partial charge in [0.05, 0.1) is 10.8 Å². The van der Waals surface area contributed by atoms with Crippen LogP contribution in [0.3, 0.4) is 0 Å². The van der Waals surface area contributed by atoms with Gasteiger partial charge in [0.2, 0.25) is 0 Å².